The zero-order chi connectivity index (χ0) is 7.66. The Bertz CT molecular complexity index is 103. The van der Waals surface area contributed by atoms with E-state index < -0.39 is 0 Å². The Morgan fingerprint density at radius 1 is 1.00 bits per heavy atom. The summed E-state index contributed by atoms with van der Waals surface area (Å²) in [4.78, 5) is 0. The molecular formula is C9H16O. The van der Waals surface area contributed by atoms with Crippen molar-refractivity contribution in [3.05, 3.63) is 24.5 Å². The van der Waals surface area contributed by atoms with Crippen LogP contribution in [0.5, 0.6) is 0 Å². The number of aliphatic hydroxyl groups is 1. The molecule has 0 radical (unpaired) electrons. The fourth-order valence-corrected chi connectivity index (χ4v) is 0.669. The fourth-order valence-electron chi connectivity index (χ4n) is 0.669. The van der Waals surface area contributed by atoms with Gasteiger partial charge in [-0.3, -0.25) is 0 Å². The van der Waals surface area contributed by atoms with Crippen molar-refractivity contribution in [2.75, 3.05) is 0 Å². The van der Waals surface area contributed by atoms with Crippen LogP contribution in [0.2, 0.25) is 0 Å². The van der Waals surface area contributed by atoms with Crippen LogP contribution in [0.25, 0.3) is 0 Å². The molecule has 0 aromatic carbocycles. The highest BCUT2D eigenvalue weighted by Crippen LogP contribution is 1.95. The molecule has 0 rings (SSSR count). The molecule has 0 aliphatic rings. The molecule has 1 heteroatoms. The molecule has 0 bridgehead atoms. The van der Waals surface area contributed by atoms with Crippen molar-refractivity contribution in [3.63, 3.8) is 0 Å². The second-order valence-corrected chi connectivity index (χ2v) is 2.22. The van der Waals surface area contributed by atoms with Crippen molar-refractivity contribution in [1.29, 1.82) is 0 Å². The molecule has 58 valence electrons. The summed E-state index contributed by atoms with van der Waals surface area (Å²) in [6.07, 6.45) is 11.6. The third-order valence-electron chi connectivity index (χ3n) is 1.23. The van der Waals surface area contributed by atoms with Gasteiger partial charge in [-0.2, -0.15) is 0 Å². The number of allylic oxidation sites excluding steroid dienone is 3. The largest absolute Gasteiger partial charge is 0.516 e. The van der Waals surface area contributed by atoms with Gasteiger partial charge in [-0.05, 0) is 25.3 Å². The van der Waals surface area contributed by atoms with E-state index in [0.717, 1.165) is 19.1 Å². The Hall–Kier alpha value is -0.720. The quantitative estimate of drug-likeness (QED) is 0.353. The van der Waals surface area contributed by atoms with Crippen LogP contribution in [0, 0.1) is 0 Å². The Kier molecular flexibility index (Phi) is 7.68. The zero-order valence-corrected chi connectivity index (χ0v) is 6.59. The minimum absolute atomic E-state index is 0.941. The standard InChI is InChI=1S/C9H16O/c1-2-3-4-5-6-7-8-9-10/h4-5,8-10H,2-3,6-7H2,1H3. The SMILES string of the molecule is CCCC=CCCC=CO. The van der Waals surface area contributed by atoms with E-state index in [4.69, 9.17) is 5.11 Å². The second kappa shape index (κ2) is 8.28. The molecule has 0 saturated heterocycles. The van der Waals surface area contributed by atoms with Crippen molar-refractivity contribution in [1.82, 2.24) is 0 Å². The van der Waals surface area contributed by atoms with Crippen LogP contribution >= 0.6 is 0 Å². The first-order valence-electron chi connectivity index (χ1n) is 3.86. The van der Waals surface area contributed by atoms with Crippen LogP contribution in [0.3, 0.4) is 0 Å². The predicted molar refractivity (Wildman–Crippen MR) is 45.1 cm³/mol. The van der Waals surface area contributed by atoms with Crippen molar-refractivity contribution < 1.29 is 5.11 Å². The van der Waals surface area contributed by atoms with Gasteiger partial charge in [-0.15, -0.1) is 0 Å². The van der Waals surface area contributed by atoms with Crippen molar-refractivity contribution in [2.45, 2.75) is 32.6 Å². The molecule has 10 heavy (non-hydrogen) atoms. The van der Waals surface area contributed by atoms with Crippen LogP contribution in [0.1, 0.15) is 32.6 Å². The van der Waals surface area contributed by atoms with Gasteiger partial charge < -0.3 is 5.11 Å². The predicted octanol–water partition coefficient (Wildman–Crippen LogP) is 3.19. The van der Waals surface area contributed by atoms with Crippen LogP contribution in [0.15, 0.2) is 24.5 Å². The summed E-state index contributed by atoms with van der Waals surface area (Å²) < 4.78 is 0. The molecule has 1 nitrogen and oxygen atoms in total. The maximum atomic E-state index is 8.26. The summed E-state index contributed by atoms with van der Waals surface area (Å²) in [5, 5.41) is 8.26. The summed E-state index contributed by atoms with van der Waals surface area (Å²) in [6.45, 7) is 2.16. The maximum Gasteiger partial charge on any atom is 0.0751 e. The van der Waals surface area contributed by atoms with Crippen molar-refractivity contribution >= 4 is 0 Å². The van der Waals surface area contributed by atoms with Gasteiger partial charge in [0.05, 0.1) is 6.26 Å². The van der Waals surface area contributed by atoms with Gasteiger partial charge in [-0.1, -0.05) is 25.5 Å². The number of unbranched alkanes of at least 4 members (excludes halogenated alkanes) is 2. The number of rotatable bonds is 5. The van der Waals surface area contributed by atoms with E-state index in [-0.39, 0.29) is 0 Å². The van der Waals surface area contributed by atoms with E-state index in [2.05, 4.69) is 19.1 Å². The molecular weight excluding hydrogens is 124 g/mol. The Morgan fingerprint density at radius 3 is 2.20 bits per heavy atom. The lowest BCUT2D eigenvalue weighted by atomic mass is 10.2. The minimum Gasteiger partial charge on any atom is -0.516 e. The van der Waals surface area contributed by atoms with Gasteiger partial charge in [-0.25, -0.2) is 0 Å². The molecule has 0 atom stereocenters. The molecule has 0 aliphatic heterocycles. The summed E-state index contributed by atoms with van der Waals surface area (Å²) in [7, 11) is 0. The van der Waals surface area contributed by atoms with E-state index >= 15 is 0 Å². The number of aliphatic hydroxyl groups excluding tert-OH is 1. The van der Waals surface area contributed by atoms with E-state index in [0.29, 0.717) is 0 Å². The van der Waals surface area contributed by atoms with Gasteiger partial charge >= 0.3 is 0 Å². The molecule has 0 aromatic rings. The fraction of sp³-hybridized carbons (Fsp3) is 0.556. The highest BCUT2D eigenvalue weighted by atomic mass is 16.2. The Labute approximate surface area is 63.1 Å². The Balaban J connectivity index is 3.02. The summed E-state index contributed by atoms with van der Waals surface area (Å²) in [6, 6.07) is 0. The van der Waals surface area contributed by atoms with Crippen LogP contribution in [-0.4, -0.2) is 5.11 Å². The molecule has 0 amide bonds. The molecule has 0 heterocycles. The van der Waals surface area contributed by atoms with Crippen LogP contribution in [-0.2, 0) is 0 Å². The van der Waals surface area contributed by atoms with Gasteiger partial charge in [0, 0.05) is 0 Å². The average Bonchev–Trinajstić information content (AvgIpc) is 1.97. The second-order valence-electron chi connectivity index (χ2n) is 2.22. The third-order valence-corrected chi connectivity index (χ3v) is 1.23. The summed E-state index contributed by atoms with van der Waals surface area (Å²) in [5.74, 6) is 0. The molecule has 0 aromatic heterocycles. The van der Waals surface area contributed by atoms with Gasteiger partial charge in [0.2, 0.25) is 0 Å². The zero-order valence-electron chi connectivity index (χ0n) is 6.59. The number of hydrogen-bond acceptors (Lipinski definition) is 1. The molecule has 0 fully saturated rings. The lowest BCUT2D eigenvalue weighted by Gasteiger charge is -1.85. The van der Waals surface area contributed by atoms with Gasteiger partial charge in [0.1, 0.15) is 0 Å². The van der Waals surface area contributed by atoms with E-state index in [1.165, 1.54) is 12.8 Å². The first-order chi connectivity index (χ1) is 4.91. The Morgan fingerprint density at radius 2 is 1.60 bits per heavy atom. The van der Waals surface area contributed by atoms with Crippen LogP contribution < -0.4 is 0 Å². The van der Waals surface area contributed by atoms with Crippen molar-refractivity contribution in [3.8, 4) is 0 Å². The summed E-state index contributed by atoms with van der Waals surface area (Å²) in [5.41, 5.74) is 0. The van der Waals surface area contributed by atoms with Gasteiger partial charge in [0.25, 0.3) is 0 Å². The molecule has 0 aliphatic carbocycles. The topological polar surface area (TPSA) is 20.2 Å². The smallest absolute Gasteiger partial charge is 0.0751 e. The maximum absolute atomic E-state index is 8.26. The van der Waals surface area contributed by atoms with Crippen LogP contribution in [0.4, 0.5) is 0 Å². The van der Waals surface area contributed by atoms with Gasteiger partial charge in [0.15, 0.2) is 0 Å². The number of hydrogen-bond donors (Lipinski definition) is 1. The monoisotopic (exact) mass is 140 g/mol. The normalized spacial score (nSPS) is 11.7. The lowest BCUT2D eigenvalue weighted by Crippen LogP contribution is -1.65. The molecule has 1 N–H and O–H groups in total. The lowest BCUT2D eigenvalue weighted by molar-refractivity contribution is 0.471. The summed E-state index contributed by atoms with van der Waals surface area (Å²) >= 11 is 0. The third kappa shape index (κ3) is 7.28. The highest BCUT2D eigenvalue weighted by molar-refractivity contribution is 4.84. The average molecular weight is 140 g/mol. The van der Waals surface area contributed by atoms with Crippen molar-refractivity contribution in [2.24, 2.45) is 0 Å². The minimum atomic E-state index is 0.941. The molecule has 0 spiro atoms. The molecule has 0 saturated carbocycles. The first kappa shape index (κ1) is 9.28. The van der Waals surface area contributed by atoms with E-state index in [1.807, 2.05) is 0 Å². The molecule has 0 unspecified atom stereocenters. The van der Waals surface area contributed by atoms with E-state index in [1.54, 1.807) is 6.08 Å². The highest BCUT2D eigenvalue weighted by Gasteiger charge is 1.75. The first-order valence-corrected chi connectivity index (χ1v) is 3.86. The van der Waals surface area contributed by atoms with E-state index in [9.17, 15) is 0 Å².